The Morgan fingerprint density at radius 2 is 1.86 bits per heavy atom. The second-order valence-electron chi connectivity index (χ2n) is 3.16. The monoisotopic (exact) mass is 313 g/mol. The molecular formula is C11H9Br2N. The van der Waals surface area contributed by atoms with E-state index < -0.39 is 0 Å². The predicted molar refractivity (Wildman–Crippen MR) is 67.1 cm³/mol. The molecule has 2 rings (SSSR count). The van der Waals surface area contributed by atoms with E-state index in [0.29, 0.717) is 0 Å². The molecule has 1 aliphatic carbocycles. The summed E-state index contributed by atoms with van der Waals surface area (Å²) in [5.41, 5.74) is 3.50. The summed E-state index contributed by atoms with van der Waals surface area (Å²) in [6.07, 6.45) is 10.3. The Morgan fingerprint density at radius 1 is 1.14 bits per heavy atom. The Kier molecular flexibility index (Phi) is 2.79. The molecule has 2 aliphatic rings. The standard InChI is InChI=1S/C11H9Br2N/c1-7-6-8-9(12)4-2-3-5-10(8)14-11(7)13/h2-6,14H,1H3. The van der Waals surface area contributed by atoms with Crippen LogP contribution in [0.15, 0.2) is 56.3 Å². The van der Waals surface area contributed by atoms with Gasteiger partial charge in [-0.2, -0.15) is 0 Å². The third-order valence-corrected chi connectivity index (χ3v) is 3.63. The Morgan fingerprint density at radius 3 is 2.64 bits per heavy atom. The molecule has 0 saturated heterocycles. The quantitative estimate of drug-likeness (QED) is 0.669. The van der Waals surface area contributed by atoms with Crippen LogP contribution in [0.4, 0.5) is 0 Å². The SMILES string of the molecule is CC1=C(Br)NC2=CC=CC=C(Br)C2=C1. The van der Waals surface area contributed by atoms with Crippen molar-refractivity contribution in [2.75, 3.05) is 0 Å². The van der Waals surface area contributed by atoms with Gasteiger partial charge in [0.25, 0.3) is 0 Å². The predicted octanol–water partition coefficient (Wildman–Crippen LogP) is 3.87. The number of allylic oxidation sites excluding steroid dienone is 7. The number of rotatable bonds is 0. The number of fused-ring (bicyclic) bond motifs is 1. The highest BCUT2D eigenvalue weighted by atomic mass is 79.9. The minimum absolute atomic E-state index is 1.03. The zero-order chi connectivity index (χ0) is 10.1. The van der Waals surface area contributed by atoms with Crippen molar-refractivity contribution in [3.63, 3.8) is 0 Å². The van der Waals surface area contributed by atoms with Crippen molar-refractivity contribution >= 4 is 31.9 Å². The van der Waals surface area contributed by atoms with E-state index in [-0.39, 0.29) is 0 Å². The van der Waals surface area contributed by atoms with E-state index in [1.54, 1.807) is 0 Å². The van der Waals surface area contributed by atoms with Gasteiger partial charge >= 0.3 is 0 Å². The van der Waals surface area contributed by atoms with Crippen molar-refractivity contribution in [2.45, 2.75) is 6.92 Å². The van der Waals surface area contributed by atoms with Gasteiger partial charge in [-0.1, -0.05) is 28.1 Å². The number of hydrogen-bond donors (Lipinski definition) is 1. The Hall–Kier alpha value is -0.540. The van der Waals surface area contributed by atoms with Crippen molar-refractivity contribution in [1.29, 1.82) is 0 Å². The molecule has 72 valence electrons. The van der Waals surface area contributed by atoms with Crippen LogP contribution in [0.2, 0.25) is 0 Å². The van der Waals surface area contributed by atoms with Gasteiger partial charge in [-0.05, 0) is 46.7 Å². The summed E-state index contributed by atoms with van der Waals surface area (Å²) in [6, 6.07) is 0. The fourth-order valence-electron chi connectivity index (χ4n) is 1.35. The number of halogens is 2. The fourth-order valence-corrected chi connectivity index (χ4v) is 2.16. The van der Waals surface area contributed by atoms with Gasteiger partial charge in [0.05, 0.1) is 4.61 Å². The summed E-state index contributed by atoms with van der Waals surface area (Å²) >= 11 is 7.04. The van der Waals surface area contributed by atoms with E-state index in [1.807, 2.05) is 18.2 Å². The minimum atomic E-state index is 1.03. The van der Waals surface area contributed by atoms with E-state index in [0.717, 1.165) is 14.8 Å². The zero-order valence-electron chi connectivity index (χ0n) is 7.64. The summed E-state index contributed by atoms with van der Waals surface area (Å²) < 4.78 is 2.13. The van der Waals surface area contributed by atoms with Crippen LogP contribution in [0.3, 0.4) is 0 Å². The van der Waals surface area contributed by atoms with Crippen LogP contribution < -0.4 is 5.32 Å². The molecule has 14 heavy (non-hydrogen) atoms. The molecule has 0 aromatic rings. The van der Waals surface area contributed by atoms with Gasteiger partial charge in [0.2, 0.25) is 0 Å². The largest absolute Gasteiger partial charge is 0.349 e. The lowest BCUT2D eigenvalue weighted by Gasteiger charge is -2.19. The normalized spacial score (nSPS) is 20.4. The molecule has 0 aromatic carbocycles. The first kappa shape index (κ1) is 9.99. The van der Waals surface area contributed by atoms with Crippen LogP contribution in [0.1, 0.15) is 6.92 Å². The van der Waals surface area contributed by atoms with Crippen LogP contribution in [0.25, 0.3) is 0 Å². The van der Waals surface area contributed by atoms with E-state index in [2.05, 4.69) is 56.3 Å². The zero-order valence-corrected chi connectivity index (χ0v) is 10.8. The highest BCUT2D eigenvalue weighted by Crippen LogP contribution is 2.32. The molecule has 0 saturated carbocycles. The molecule has 0 radical (unpaired) electrons. The lowest BCUT2D eigenvalue weighted by atomic mass is 10.1. The molecular weight excluding hydrogens is 306 g/mol. The highest BCUT2D eigenvalue weighted by Gasteiger charge is 2.15. The third kappa shape index (κ3) is 1.79. The van der Waals surface area contributed by atoms with Gasteiger partial charge in [0, 0.05) is 15.8 Å². The van der Waals surface area contributed by atoms with E-state index >= 15 is 0 Å². The number of dihydropyridines is 1. The lowest BCUT2D eigenvalue weighted by molar-refractivity contribution is 1.03. The number of nitrogens with one attached hydrogen (secondary N) is 1. The first-order chi connectivity index (χ1) is 6.68. The Bertz CT molecular complexity index is 423. The summed E-state index contributed by atoms with van der Waals surface area (Å²) in [4.78, 5) is 0. The van der Waals surface area contributed by atoms with Crippen LogP contribution >= 0.6 is 31.9 Å². The highest BCUT2D eigenvalue weighted by molar-refractivity contribution is 9.12. The van der Waals surface area contributed by atoms with Gasteiger partial charge in [-0.15, -0.1) is 0 Å². The van der Waals surface area contributed by atoms with Crippen LogP contribution in [0, 0.1) is 0 Å². The fraction of sp³-hybridized carbons (Fsp3) is 0.0909. The van der Waals surface area contributed by atoms with E-state index in [4.69, 9.17) is 0 Å². The smallest absolute Gasteiger partial charge is 0.0854 e. The van der Waals surface area contributed by atoms with Crippen molar-refractivity contribution in [2.24, 2.45) is 0 Å². The average Bonchev–Trinajstić information content (AvgIpc) is 2.31. The van der Waals surface area contributed by atoms with Crippen LogP contribution in [-0.2, 0) is 0 Å². The van der Waals surface area contributed by atoms with Crippen molar-refractivity contribution < 1.29 is 0 Å². The molecule has 1 aliphatic heterocycles. The van der Waals surface area contributed by atoms with Gasteiger partial charge < -0.3 is 5.32 Å². The van der Waals surface area contributed by atoms with Crippen molar-refractivity contribution in [3.8, 4) is 0 Å². The summed E-state index contributed by atoms with van der Waals surface area (Å²) in [5.74, 6) is 0. The number of hydrogen-bond acceptors (Lipinski definition) is 1. The maximum atomic E-state index is 3.55. The van der Waals surface area contributed by atoms with Crippen LogP contribution in [-0.4, -0.2) is 0 Å². The molecule has 0 bridgehead atoms. The molecule has 0 amide bonds. The molecule has 0 aromatic heterocycles. The first-order valence-corrected chi connectivity index (χ1v) is 5.87. The summed E-state index contributed by atoms with van der Waals surface area (Å²) in [6.45, 7) is 2.07. The van der Waals surface area contributed by atoms with Gasteiger partial charge in [0.15, 0.2) is 0 Å². The van der Waals surface area contributed by atoms with Gasteiger partial charge in [0.1, 0.15) is 0 Å². The average molecular weight is 315 g/mol. The molecule has 0 spiro atoms. The molecule has 0 unspecified atom stereocenters. The molecule has 1 nitrogen and oxygen atoms in total. The molecule has 1 heterocycles. The van der Waals surface area contributed by atoms with Crippen LogP contribution in [0.5, 0.6) is 0 Å². The van der Waals surface area contributed by atoms with Crippen molar-refractivity contribution in [3.05, 3.63) is 56.3 Å². The molecule has 1 N–H and O–H groups in total. The van der Waals surface area contributed by atoms with Gasteiger partial charge in [-0.3, -0.25) is 0 Å². The topological polar surface area (TPSA) is 12.0 Å². The Balaban J connectivity index is 2.53. The molecule has 3 heteroatoms. The molecule has 0 fully saturated rings. The summed E-state index contributed by atoms with van der Waals surface area (Å²) in [7, 11) is 0. The maximum Gasteiger partial charge on any atom is 0.0854 e. The minimum Gasteiger partial charge on any atom is -0.349 e. The third-order valence-electron chi connectivity index (χ3n) is 2.12. The van der Waals surface area contributed by atoms with E-state index in [9.17, 15) is 0 Å². The maximum absolute atomic E-state index is 3.55. The second kappa shape index (κ2) is 3.91. The molecule has 0 atom stereocenters. The lowest BCUT2D eigenvalue weighted by Crippen LogP contribution is -2.16. The summed E-state index contributed by atoms with van der Waals surface area (Å²) in [5, 5.41) is 3.31. The second-order valence-corrected chi connectivity index (χ2v) is 4.81. The first-order valence-electron chi connectivity index (χ1n) is 4.28. The Labute approximate surface area is 100 Å². The van der Waals surface area contributed by atoms with Crippen molar-refractivity contribution in [1.82, 2.24) is 5.32 Å². The van der Waals surface area contributed by atoms with E-state index in [1.165, 1.54) is 11.1 Å². The van der Waals surface area contributed by atoms with Gasteiger partial charge in [-0.25, -0.2) is 0 Å².